The molecule has 1 heterocycles. The molecule has 1 N–H and O–H groups in total. The number of aryl methyl sites for hydroxylation is 1. The summed E-state index contributed by atoms with van der Waals surface area (Å²) < 4.78 is 34.9. The van der Waals surface area contributed by atoms with Crippen molar-refractivity contribution in [2.75, 3.05) is 6.61 Å². The number of benzene rings is 3. The Bertz CT molecular complexity index is 1360. The minimum atomic E-state index is -4.11. The molecule has 0 unspecified atom stereocenters. The number of carbonyl (C=O) groups is 1. The molecule has 0 spiro atoms. The van der Waals surface area contributed by atoms with Gasteiger partial charge < -0.3 is 9.84 Å². The van der Waals surface area contributed by atoms with Crippen LogP contribution in [0, 0.1) is 6.92 Å². The minimum Gasteiger partial charge on any atom is -0.512 e. The highest BCUT2D eigenvalue weighted by Gasteiger charge is 2.46. The molecule has 1 aliphatic heterocycles. The van der Waals surface area contributed by atoms with Crippen molar-refractivity contribution in [2.24, 2.45) is 0 Å². The predicted molar refractivity (Wildman–Crippen MR) is 140 cm³/mol. The van der Waals surface area contributed by atoms with Gasteiger partial charge in [-0.05, 0) is 37.1 Å². The number of hydrogen-bond donors (Lipinski definition) is 1. The largest absolute Gasteiger partial charge is 0.512 e. The van der Waals surface area contributed by atoms with Gasteiger partial charge in [-0.15, -0.1) is 0 Å². The van der Waals surface area contributed by atoms with Crippen molar-refractivity contribution in [3.8, 4) is 0 Å². The Balaban J connectivity index is 1.93. The molecule has 0 saturated heterocycles. The molecule has 36 heavy (non-hydrogen) atoms. The van der Waals surface area contributed by atoms with Gasteiger partial charge >= 0.3 is 5.97 Å². The number of carbonyl (C=O) groups excluding carboxylic acids is 1. The van der Waals surface area contributed by atoms with Gasteiger partial charge in [0.25, 0.3) is 0 Å². The van der Waals surface area contributed by atoms with Crippen LogP contribution < -0.4 is 0 Å². The fourth-order valence-corrected chi connectivity index (χ4v) is 6.08. The molecule has 4 rings (SSSR count). The van der Waals surface area contributed by atoms with Gasteiger partial charge in [0, 0.05) is 6.42 Å². The van der Waals surface area contributed by atoms with E-state index in [1.165, 1.54) is 4.31 Å². The van der Waals surface area contributed by atoms with E-state index in [0.717, 1.165) is 11.1 Å². The number of aliphatic hydroxyl groups is 1. The summed E-state index contributed by atoms with van der Waals surface area (Å²) in [5.41, 5.74) is 2.31. The van der Waals surface area contributed by atoms with E-state index in [4.69, 9.17) is 4.74 Å². The molecule has 3 aromatic rings. The maximum atomic E-state index is 14.2. The number of hydrogen-bond acceptors (Lipinski definition) is 5. The van der Waals surface area contributed by atoms with Crippen molar-refractivity contribution in [1.82, 2.24) is 4.31 Å². The zero-order valence-electron chi connectivity index (χ0n) is 20.2. The second kappa shape index (κ2) is 10.9. The summed E-state index contributed by atoms with van der Waals surface area (Å²) in [7, 11) is -4.11. The highest BCUT2D eigenvalue weighted by Crippen LogP contribution is 2.43. The zero-order valence-corrected chi connectivity index (χ0v) is 21.1. The first kappa shape index (κ1) is 25.4. The number of aliphatic hydroxyl groups excluding tert-OH is 1. The van der Waals surface area contributed by atoms with E-state index in [0.29, 0.717) is 5.56 Å². The average molecular weight is 504 g/mol. The predicted octanol–water partition coefficient (Wildman–Crippen LogP) is 5.59. The molecule has 0 bridgehead atoms. The number of esters is 1. The summed E-state index contributed by atoms with van der Waals surface area (Å²) in [5.74, 6) is -0.918. The first-order chi connectivity index (χ1) is 17.3. The Morgan fingerprint density at radius 3 is 2.22 bits per heavy atom. The smallest absolute Gasteiger partial charge is 0.339 e. The lowest BCUT2D eigenvalue weighted by Gasteiger charge is -2.40. The van der Waals surface area contributed by atoms with Crippen LogP contribution in [-0.2, 0) is 19.6 Å². The lowest BCUT2D eigenvalue weighted by atomic mass is 9.90. The molecule has 3 aromatic carbocycles. The summed E-state index contributed by atoms with van der Waals surface area (Å²) in [5, 5.41) is 11.1. The maximum Gasteiger partial charge on any atom is 0.339 e. The van der Waals surface area contributed by atoms with E-state index in [1.54, 1.807) is 61.5 Å². The zero-order chi connectivity index (χ0) is 25.7. The van der Waals surface area contributed by atoms with Crippen LogP contribution in [0.15, 0.2) is 107 Å². The molecule has 0 aromatic heterocycles. The van der Waals surface area contributed by atoms with E-state index >= 15 is 0 Å². The van der Waals surface area contributed by atoms with E-state index in [-0.39, 0.29) is 29.3 Å². The van der Waals surface area contributed by atoms with Gasteiger partial charge in [-0.25, -0.2) is 13.2 Å². The topological polar surface area (TPSA) is 83.9 Å². The average Bonchev–Trinajstić information content (AvgIpc) is 2.88. The standard InChI is InChI=1S/C29H29NO5S/c1-3-35-29(32)27-26(31)20-24(17-16-22-10-6-4-7-11-22)30(28(27)23-12-8-5-9-13-23)36(33,34)25-18-14-21(2)15-19-25/h4-19,24,28,31H,3,20H2,1-2H3/b17-16+/t24-,28+/m0/s1. The van der Waals surface area contributed by atoms with Crippen LogP contribution >= 0.6 is 0 Å². The Morgan fingerprint density at radius 1 is 1.00 bits per heavy atom. The quantitative estimate of drug-likeness (QED) is 0.425. The van der Waals surface area contributed by atoms with E-state index in [1.807, 2.05) is 49.4 Å². The van der Waals surface area contributed by atoms with Crippen LogP contribution in [-0.4, -0.2) is 36.4 Å². The number of nitrogens with zero attached hydrogens (tertiary/aromatic N) is 1. The van der Waals surface area contributed by atoms with Crippen molar-refractivity contribution in [2.45, 2.75) is 37.2 Å². The first-order valence-corrected chi connectivity index (χ1v) is 13.2. The van der Waals surface area contributed by atoms with Crippen molar-refractivity contribution in [1.29, 1.82) is 0 Å². The lowest BCUT2D eigenvalue weighted by molar-refractivity contribution is -0.139. The minimum absolute atomic E-state index is 0.0636. The van der Waals surface area contributed by atoms with Crippen LogP contribution in [0.2, 0.25) is 0 Å². The molecule has 0 fully saturated rings. The Morgan fingerprint density at radius 2 is 1.61 bits per heavy atom. The van der Waals surface area contributed by atoms with Crippen molar-refractivity contribution in [3.63, 3.8) is 0 Å². The molecule has 6 nitrogen and oxygen atoms in total. The van der Waals surface area contributed by atoms with Crippen LogP contribution in [0.5, 0.6) is 0 Å². The molecule has 7 heteroatoms. The van der Waals surface area contributed by atoms with Gasteiger partial charge in [-0.1, -0.05) is 90.5 Å². The van der Waals surface area contributed by atoms with Crippen LogP contribution in [0.1, 0.15) is 36.1 Å². The van der Waals surface area contributed by atoms with Crippen LogP contribution in [0.25, 0.3) is 6.08 Å². The highest BCUT2D eigenvalue weighted by molar-refractivity contribution is 7.89. The van der Waals surface area contributed by atoms with Gasteiger partial charge in [0.1, 0.15) is 5.76 Å². The van der Waals surface area contributed by atoms with Gasteiger partial charge in [0.15, 0.2) is 0 Å². The molecule has 186 valence electrons. The lowest BCUT2D eigenvalue weighted by Crippen LogP contribution is -2.47. The van der Waals surface area contributed by atoms with E-state index in [2.05, 4.69) is 0 Å². The second-order valence-corrected chi connectivity index (χ2v) is 10.4. The molecule has 2 atom stereocenters. The Kier molecular flexibility index (Phi) is 7.72. The summed E-state index contributed by atoms with van der Waals surface area (Å²) in [4.78, 5) is 13.2. The third kappa shape index (κ3) is 5.27. The normalized spacial score (nSPS) is 18.9. The fraction of sp³-hybridized carbons (Fsp3) is 0.207. The number of rotatable bonds is 7. The fourth-order valence-electron chi connectivity index (χ4n) is 4.35. The third-order valence-corrected chi connectivity index (χ3v) is 7.99. The molecule has 0 aliphatic carbocycles. The third-order valence-electron chi connectivity index (χ3n) is 6.09. The molecule has 0 amide bonds. The molecular formula is C29H29NO5S. The summed E-state index contributed by atoms with van der Waals surface area (Å²) in [6, 6.07) is 23.1. The van der Waals surface area contributed by atoms with E-state index in [9.17, 15) is 18.3 Å². The molecule has 1 aliphatic rings. The highest BCUT2D eigenvalue weighted by atomic mass is 32.2. The van der Waals surface area contributed by atoms with Crippen molar-refractivity contribution < 1.29 is 23.1 Å². The van der Waals surface area contributed by atoms with E-state index < -0.39 is 28.1 Å². The second-order valence-electron chi connectivity index (χ2n) is 8.58. The van der Waals surface area contributed by atoms with Crippen molar-refractivity contribution >= 4 is 22.1 Å². The molecular weight excluding hydrogens is 474 g/mol. The molecule has 0 radical (unpaired) electrons. The maximum absolute atomic E-state index is 14.2. The van der Waals surface area contributed by atoms with Crippen molar-refractivity contribution in [3.05, 3.63) is 119 Å². The Labute approximate surface area is 212 Å². The van der Waals surface area contributed by atoms with Gasteiger partial charge in [0.05, 0.1) is 29.2 Å². The monoisotopic (exact) mass is 503 g/mol. The SMILES string of the molecule is CCOC(=O)C1=C(O)C[C@H](/C=C/c2ccccc2)N(S(=O)(=O)c2ccc(C)cc2)[C@@H]1c1ccccc1. The summed E-state index contributed by atoms with van der Waals surface area (Å²) in [6.07, 6.45) is 3.52. The first-order valence-electron chi connectivity index (χ1n) is 11.8. The van der Waals surface area contributed by atoms with Crippen LogP contribution in [0.3, 0.4) is 0 Å². The van der Waals surface area contributed by atoms with Gasteiger partial charge in [-0.2, -0.15) is 4.31 Å². The molecule has 0 saturated carbocycles. The Hall–Kier alpha value is -3.68. The number of sulfonamides is 1. The van der Waals surface area contributed by atoms with Crippen LogP contribution in [0.4, 0.5) is 0 Å². The summed E-state index contributed by atoms with van der Waals surface area (Å²) in [6.45, 7) is 3.65. The number of ether oxygens (including phenoxy) is 1. The summed E-state index contributed by atoms with van der Waals surface area (Å²) >= 11 is 0. The van der Waals surface area contributed by atoms with Gasteiger partial charge in [-0.3, -0.25) is 0 Å². The van der Waals surface area contributed by atoms with Gasteiger partial charge in [0.2, 0.25) is 10.0 Å².